The first-order chi connectivity index (χ1) is 10.6. The molecule has 0 spiro atoms. The van der Waals surface area contributed by atoms with Crippen LogP contribution >= 0.6 is 0 Å². The lowest BCUT2D eigenvalue weighted by Gasteiger charge is -2.26. The largest absolute Gasteiger partial charge is 0.380 e. The molecule has 1 N–H and O–H groups in total. The molecule has 2 aliphatic heterocycles. The van der Waals surface area contributed by atoms with E-state index in [4.69, 9.17) is 4.84 Å². The summed E-state index contributed by atoms with van der Waals surface area (Å²) >= 11 is 0. The number of hydrogen-bond acceptors (Lipinski definition) is 4. The number of amides is 1. The molecule has 2 aromatic rings. The van der Waals surface area contributed by atoms with Crippen molar-refractivity contribution in [2.24, 2.45) is 0 Å². The Morgan fingerprint density at radius 3 is 2.50 bits per heavy atom. The van der Waals surface area contributed by atoms with Crippen LogP contribution in [0.15, 0.2) is 66.4 Å². The number of Topliss-reactive ketones (excluding diaryl/α,β-unsaturated/α-hetero) is 1. The molecule has 2 aliphatic rings. The van der Waals surface area contributed by atoms with E-state index in [1.807, 2.05) is 0 Å². The minimum Gasteiger partial charge on any atom is -0.380 e. The van der Waals surface area contributed by atoms with Gasteiger partial charge in [0.25, 0.3) is 5.91 Å². The summed E-state index contributed by atoms with van der Waals surface area (Å²) in [6.07, 6.45) is 1.14. The Morgan fingerprint density at radius 2 is 1.73 bits per heavy atom. The van der Waals surface area contributed by atoms with Crippen LogP contribution in [0.5, 0.6) is 0 Å². The molecule has 0 fully saturated rings. The van der Waals surface area contributed by atoms with Gasteiger partial charge in [-0.05, 0) is 6.07 Å². The Hall–Kier alpha value is -2.92. The van der Waals surface area contributed by atoms with Crippen LogP contribution in [0.25, 0.3) is 0 Å². The Kier molecular flexibility index (Phi) is 2.49. The van der Waals surface area contributed by atoms with Crippen LogP contribution in [-0.4, -0.2) is 21.9 Å². The van der Waals surface area contributed by atoms with Crippen LogP contribution in [0.4, 0.5) is 0 Å². The van der Waals surface area contributed by atoms with E-state index in [1.165, 1.54) is 0 Å². The minimum atomic E-state index is -1.87. The van der Waals surface area contributed by atoms with E-state index in [2.05, 4.69) is 0 Å². The molecule has 5 nitrogen and oxygen atoms in total. The number of nitrogens with zero attached hydrogens (tertiary/aromatic N) is 1. The molecule has 0 aliphatic carbocycles. The standard InChI is InChI=1S/C17H11NO4/c19-15(11-6-2-1-3-7-11)14-10-22-18-16(20)12-8-4-5-9-13(12)17(14,18)21/h1-10,21H. The van der Waals surface area contributed by atoms with E-state index in [1.54, 1.807) is 54.6 Å². The smallest absolute Gasteiger partial charge is 0.290 e. The van der Waals surface area contributed by atoms with Gasteiger partial charge in [-0.25, -0.2) is 0 Å². The van der Waals surface area contributed by atoms with Gasteiger partial charge in [0.15, 0.2) is 5.78 Å². The molecule has 0 saturated heterocycles. The Labute approximate surface area is 126 Å². The van der Waals surface area contributed by atoms with E-state index in [0.29, 0.717) is 16.7 Å². The summed E-state index contributed by atoms with van der Waals surface area (Å²) in [5.74, 6) is -0.847. The fourth-order valence-corrected chi connectivity index (χ4v) is 2.86. The first-order valence-electron chi connectivity index (χ1n) is 6.77. The van der Waals surface area contributed by atoms with Crippen molar-refractivity contribution >= 4 is 11.7 Å². The third-order valence-corrected chi connectivity index (χ3v) is 3.94. The highest BCUT2D eigenvalue weighted by atomic mass is 16.7. The molecule has 1 amide bonds. The summed E-state index contributed by atoms with van der Waals surface area (Å²) in [4.78, 5) is 30.1. The topological polar surface area (TPSA) is 66.8 Å². The third-order valence-electron chi connectivity index (χ3n) is 3.94. The first kappa shape index (κ1) is 12.8. The number of carbonyl (C=O) groups is 2. The lowest BCUT2D eigenvalue weighted by molar-refractivity contribution is -0.182. The van der Waals surface area contributed by atoms with Gasteiger partial charge in [0, 0.05) is 11.1 Å². The van der Waals surface area contributed by atoms with Gasteiger partial charge >= 0.3 is 0 Å². The van der Waals surface area contributed by atoms with Crippen molar-refractivity contribution in [1.29, 1.82) is 0 Å². The second kappa shape index (κ2) is 4.29. The Bertz CT molecular complexity index is 828. The molecule has 0 radical (unpaired) electrons. The normalized spacial score (nSPS) is 22.0. The fourth-order valence-electron chi connectivity index (χ4n) is 2.86. The van der Waals surface area contributed by atoms with Gasteiger partial charge in [-0.2, -0.15) is 0 Å². The minimum absolute atomic E-state index is 0.0250. The predicted molar refractivity (Wildman–Crippen MR) is 76.4 cm³/mol. The van der Waals surface area contributed by atoms with Gasteiger partial charge in [-0.1, -0.05) is 48.5 Å². The number of aliphatic hydroxyl groups is 1. The summed E-state index contributed by atoms with van der Waals surface area (Å²) in [7, 11) is 0. The molecular weight excluding hydrogens is 282 g/mol. The van der Waals surface area contributed by atoms with Crippen LogP contribution in [0.2, 0.25) is 0 Å². The molecule has 0 aromatic heterocycles. The van der Waals surface area contributed by atoms with Crippen molar-refractivity contribution in [3.05, 3.63) is 83.1 Å². The maximum absolute atomic E-state index is 12.7. The molecule has 4 rings (SSSR count). The fraction of sp³-hybridized carbons (Fsp3) is 0.0588. The van der Waals surface area contributed by atoms with E-state index in [0.717, 1.165) is 11.3 Å². The second-order valence-corrected chi connectivity index (χ2v) is 5.15. The van der Waals surface area contributed by atoms with E-state index < -0.39 is 11.6 Å². The number of fused-ring (bicyclic) bond motifs is 3. The van der Waals surface area contributed by atoms with Gasteiger partial charge in [0.2, 0.25) is 5.72 Å². The molecule has 1 unspecified atom stereocenters. The Balaban J connectivity index is 1.85. The number of benzene rings is 2. The molecule has 22 heavy (non-hydrogen) atoms. The van der Waals surface area contributed by atoms with E-state index in [-0.39, 0.29) is 11.4 Å². The van der Waals surface area contributed by atoms with E-state index in [9.17, 15) is 14.7 Å². The molecule has 2 aromatic carbocycles. The molecule has 108 valence electrons. The molecule has 2 heterocycles. The maximum Gasteiger partial charge on any atom is 0.290 e. The lowest BCUT2D eigenvalue weighted by atomic mass is 9.90. The monoisotopic (exact) mass is 293 g/mol. The zero-order chi connectivity index (χ0) is 15.3. The van der Waals surface area contributed by atoms with Crippen LogP contribution in [0.3, 0.4) is 0 Å². The van der Waals surface area contributed by atoms with Crippen LogP contribution in [0.1, 0.15) is 26.3 Å². The number of rotatable bonds is 2. The number of carbonyl (C=O) groups excluding carboxylic acids is 2. The van der Waals surface area contributed by atoms with E-state index >= 15 is 0 Å². The van der Waals surface area contributed by atoms with Crippen molar-refractivity contribution in [2.75, 3.05) is 0 Å². The maximum atomic E-state index is 12.7. The zero-order valence-electron chi connectivity index (χ0n) is 11.4. The molecular formula is C17H11NO4. The quantitative estimate of drug-likeness (QED) is 0.860. The van der Waals surface area contributed by atoms with Crippen LogP contribution < -0.4 is 0 Å². The van der Waals surface area contributed by atoms with Gasteiger partial charge in [0.1, 0.15) is 6.26 Å². The summed E-state index contributed by atoms with van der Waals surface area (Å²) < 4.78 is 0. The van der Waals surface area contributed by atoms with Crippen molar-refractivity contribution in [2.45, 2.75) is 5.72 Å². The molecule has 1 atom stereocenters. The van der Waals surface area contributed by atoms with Crippen molar-refractivity contribution < 1.29 is 19.5 Å². The highest BCUT2D eigenvalue weighted by molar-refractivity contribution is 6.12. The number of hydrogen-bond donors (Lipinski definition) is 1. The van der Waals surface area contributed by atoms with Crippen molar-refractivity contribution in [1.82, 2.24) is 5.06 Å². The molecule has 5 heteroatoms. The first-order valence-corrected chi connectivity index (χ1v) is 6.77. The third kappa shape index (κ3) is 1.46. The Morgan fingerprint density at radius 1 is 1.05 bits per heavy atom. The highest BCUT2D eigenvalue weighted by Crippen LogP contribution is 2.46. The predicted octanol–water partition coefficient (Wildman–Crippen LogP) is 2.00. The zero-order valence-corrected chi connectivity index (χ0v) is 11.4. The summed E-state index contributed by atoms with van der Waals surface area (Å²) in [5.41, 5.74) is -0.744. The average molecular weight is 293 g/mol. The van der Waals surface area contributed by atoms with Crippen LogP contribution in [0, 0.1) is 0 Å². The highest BCUT2D eigenvalue weighted by Gasteiger charge is 2.58. The SMILES string of the molecule is O=C(C1=CON2C(=O)c3ccccc3C12O)c1ccccc1. The summed E-state index contributed by atoms with van der Waals surface area (Å²) in [6.45, 7) is 0. The second-order valence-electron chi connectivity index (χ2n) is 5.15. The number of ketones is 1. The van der Waals surface area contributed by atoms with Crippen molar-refractivity contribution in [3.8, 4) is 0 Å². The summed E-state index contributed by atoms with van der Waals surface area (Å²) in [5, 5.41) is 11.9. The van der Waals surface area contributed by atoms with Gasteiger partial charge in [-0.3, -0.25) is 9.59 Å². The average Bonchev–Trinajstić information content (AvgIpc) is 3.02. The summed E-state index contributed by atoms with van der Waals surface area (Å²) in [6, 6.07) is 15.2. The van der Waals surface area contributed by atoms with Gasteiger partial charge in [-0.15, -0.1) is 5.06 Å². The molecule has 0 bridgehead atoms. The van der Waals surface area contributed by atoms with Crippen molar-refractivity contribution in [3.63, 3.8) is 0 Å². The van der Waals surface area contributed by atoms with Crippen LogP contribution in [-0.2, 0) is 10.6 Å². The molecule has 0 saturated carbocycles. The number of hydroxylamine groups is 2. The van der Waals surface area contributed by atoms with Gasteiger partial charge in [0.05, 0.1) is 11.1 Å². The van der Waals surface area contributed by atoms with Gasteiger partial charge < -0.3 is 9.94 Å². The lowest BCUT2D eigenvalue weighted by Crippen LogP contribution is -2.41.